The average Bonchev–Trinajstić information content (AvgIpc) is 3.92. The highest BCUT2D eigenvalue weighted by atomic mass is 32.2. The summed E-state index contributed by atoms with van der Waals surface area (Å²) in [5.74, 6) is -1.67. The van der Waals surface area contributed by atoms with E-state index in [9.17, 15) is 27.6 Å². The van der Waals surface area contributed by atoms with E-state index in [-0.39, 0.29) is 25.5 Å². The Balaban J connectivity index is 1.26. The Kier molecular flexibility index (Phi) is 10.4. The van der Waals surface area contributed by atoms with Crippen LogP contribution in [0.3, 0.4) is 0 Å². The average molecular weight is 742 g/mol. The molecule has 4 fully saturated rings. The molecule has 1 aromatic carbocycles. The Bertz CT molecular complexity index is 1840. The first-order valence-corrected chi connectivity index (χ1v) is 19.1. The van der Waals surface area contributed by atoms with Crippen molar-refractivity contribution in [2.45, 2.75) is 108 Å². The van der Waals surface area contributed by atoms with Gasteiger partial charge in [-0.2, -0.15) is 8.42 Å². The molecule has 15 nitrogen and oxygen atoms in total. The third kappa shape index (κ3) is 8.27. The van der Waals surface area contributed by atoms with Crippen molar-refractivity contribution in [1.82, 2.24) is 25.2 Å². The molecule has 1 saturated heterocycles. The second kappa shape index (κ2) is 14.5. The summed E-state index contributed by atoms with van der Waals surface area (Å²) in [5.41, 5.74) is -1.81. The number of methoxy groups -OCH3 is 1. The molecule has 3 saturated carbocycles. The van der Waals surface area contributed by atoms with E-state index in [2.05, 4.69) is 22.2 Å². The molecule has 4 aliphatic rings. The van der Waals surface area contributed by atoms with Crippen LogP contribution in [-0.2, 0) is 33.6 Å². The zero-order valence-electron chi connectivity index (χ0n) is 29.9. The van der Waals surface area contributed by atoms with E-state index in [0.717, 1.165) is 25.7 Å². The summed E-state index contributed by atoms with van der Waals surface area (Å²) in [6.45, 7) is 9.11. The number of hydrogen-bond acceptors (Lipinski definition) is 11. The van der Waals surface area contributed by atoms with Crippen molar-refractivity contribution < 1.29 is 46.0 Å². The standard InChI is InChI=1S/C36H47N5O10S/c1-6-21-19-36(21,33(44)40-52(46,47)51-23-11-12-23)39-31(42)28-18-25(49-29-15-16-37-27-17-24(48-5)13-14-26(27)29)20-41(28)32(43)30(35(2,3)4)38-34(45)50-22-9-7-8-10-22/h6,13-17,21-23,25,28,30H,1,7-12,18-20H2,2-5H3,(H,38,45)(H,39,42)(H,40,44)/t21-,25-,28?,30-,36-/m1/s1. The van der Waals surface area contributed by atoms with Crippen molar-refractivity contribution in [3.63, 3.8) is 0 Å². The Morgan fingerprint density at radius 3 is 2.42 bits per heavy atom. The predicted octanol–water partition coefficient (Wildman–Crippen LogP) is 3.28. The molecular formula is C36H47N5O10S. The molecule has 282 valence electrons. The molecule has 1 unspecified atom stereocenters. The fourth-order valence-corrected chi connectivity index (χ4v) is 7.93. The third-order valence-electron chi connectivity index (χ3n) is 10.1. The minimum absolute atomic E-state index is 0.0282. The number of carbonyl (C=O) groups excluding carboxylic acids is 4. The van der Waals surface area contributed by atoms with Crippen LogP contribution in [0.4, 0.5) is 4.79 Å². The van der Waals surface area contributed by atoms with Crippen molar-refractivity contribution in [3.05, 3.63) is 43.1 Å². The van der Waals surface area contributed by atoms with Crippen LogP contribution in [0.1, 0.15) is 72.1 Å². The van der Waals surface area contributed by atoms with Crippen LogP contribution >= 0.6 is 0 Å². The summed E-state index contributed by atoms with van der Waals surface area (Å²) < 4.78 is 49.4. The quantitative estimate of drug-likeness (QED) is 0.256. The number of ether oxygens (including phenoxy) is 3. The number of rotatable bonds is 13. The number of hydrogen-bond donors (Lipinski definition) is 3. The maximum Gasteiger partial charge on any atom is 0.408 e. The Morgan fingerprint density at radius 2 is 1.79 bits per heavy atom. The first-order valence-electron chi connectivity index (χ1n) is 17.7. The van der Waals surface area contributed by atoms with Crippen molar-refractivity contribution in [2.24, 2.45) is 11.3 Å². The summed E-state index contributed by atoms with van der Waals surface area (Å²) in [6, 6.07) is 4.79. The number of pyridine rings is 1. The lowest BCUT2D eigenvalue weighted by atomic mass is 9.85. The Morgan fingerprint density at radius 1 is 1.06 bits per heavy atom. The van der Waals surface area contributed by atoms with Crippen LogP contribution in [0.2, 0.25) is 0 Å². The van der Waals surface area contributed by atoms with Crippen LogP contribution in [0.25, 0.3) is 10.9 Å². The molecule has 3 N–H and O–H groups in total. The smallest absolute Gasteiger partial charge is 0.408 e. The highest BCUT2D eigenvalue weighted by molar-refractivity contribution is 7.85. The van der Waals surface area contributed by atoms with Gasteiger partial charge in [-0.15, -0.1) is 6.58 Å². The number of amides is 4. The lowest BCUT2D eigenvalue weighted by Gasteiger charge is -2.35. The minimum Gasteiger partial charge on any atom is -0.497 e. The second-order valence-corrected chi connectivity index (χ2v) is 16.4. The second-order valence-electron chi connectivity index (χ2n) is 15.1. The lowest BCUT2D eigenvalue weighted by Crippen LogP contribution is -2.60. The summed E-state index contributed by atoms with van der Waals surface area (Å²) in [4.78, 5) is 61.0. The summed E-state index contributed by atoms with van der Waals surface area (Å²) in [6.07, 6.45) is 5.59. The SMILES string of the molecule is C=C[C@@H]1C[C@]1(NC(=O)C1C[C@@H](Oc2ccnc3cc(OC)ccc23)CN1C(=O)[C@@H](NC(=O)OC1CCCC1)C(C)(C)C)C(=O)NS(=O)(=O)OC1CC1. The van der Waals surface area contributed by atoms with Gasteiger partial charge in [0.1, 0.15) is 41.3 Å². The molecule has 2 aromatic rings. The number of benzene rings is 1. The number of aromatic nitrogens is 1. The monoisotopic (exact) mass is 741 g/mol. The molecule has 1 aliphatic heterocycles. The Hall–Kier alpha value is -4.44. The zero-order valence-corrected chi connectivity index (χ0v) is 30.7. The third-order valence-corrected chi connectivity index (χ3v) is 11.0. The molecule has 52 heavy (non-hydrogen) atoms. The van der Waals surface area contributed by atoms with Gasteiger partial charge in [0.15, 0.2) is 0 Å². The van der Waals surface area contributed by atoms with Crippen LogP contribution in [-0.4, -0.2) is 91.7 Å². The number of nitrogens with one attached hydrogen (secondary N) is 3. The molecule has 4 amide bonds. The van der Waals surface area contributed by atoms with Gasteiger partial charge in [-0.25, -0.2) is 9.52 Å². The van der Waals surface area contributed by atoms with Crippen molar-refractivity contribution in [2.75, 3.05) is 13.7 Å². The maximum atomic E-state index is 14.5. The van der Waals surface area contributed by atoms with Gasteiger partial charge in [-0.3, -0.25) is 23.6 Å². The summed E-state index contributed by atoms with van der Waals surface area (Å²) in [7, 11) is -2.87. The Labute approximate surface area is 303 Å². The largest absolute Gasteiger partial charge is 0.497 e. The van der Waals surface area contributed by atoms with Crippen molar-refractivity contribution in [1.29, 1.82) is 0 Å². The summed E-state index contributed by atoms with van der Waals surface area (Å²) >= 11 is 0. The fourth-order valence-electron chi connectivity index (χ4n) is 6.92. The van der Waals surface area contributed by atoms with Crippen LogP contribution in [0.15, 0.2) is 43.1 Å². The van der Waals surface area contributed by atoms with Crippen molar-refractivity contribution in [3.8, 4) is 11.5 Å². The highest BCUT2D eigenvalue weighted by Crippen LogP contribution is 2.45. The molecule has 0 radical (unpaired) electrons. The van der Waals surface area contributed by atoms with Crippen LogP contribution < -0.4 is 24.8 Å². The number of fused-ring (bicyclic) bond motifs is 1. The number of alkyl carbamates (subject to hydrolysis) is 1. The van der Waals surface area contributed by atoms with E-state index in [1.165, 1.54) is 11.0 Å². The predicted molar refractivity (Wildman–Crippen MR) is 188 cm³/mol. The lowest BCUT2D eigenvalue weighted by molar-refractivity contribution is -0.143. The first-order chi connectivity index (χ1) is 24.6. The van der Waals surface area contributed by atoms with Gasteiger partial charge >= 0.3 is 16.4 Å². The number of likely N-dealkylation sites (tertiary alicyclic amines) is 1. The van der Waals surface area contributed by atoms with E-state index < -0.39 is 75.3 Å². The fraction of sp³-hybridized carbons (Fsp3) is 0.583. The van der Waals surface area contributed by atoms with Crippen LogP contribution in [0.5, 0.6) is 11.5 Å². The van der Waals surface area contributed by atoms with Gasteiger partial charge in [0, 0.05) is 30.0 Å². The number of nitrogens with zero attached hydrogens (tertiary/aromatic N) is 2. The molecule has 0 spiro atoms. The highest BCUT2D eigenvalue weighted by Gasteiger charge is 2.62. The van der Waals surface area contributed by atoms with Crippen molar-refractivity contribution >= 4 is 45.0 Å². The van der Waals surface area contributed by atoms with E-state index in [1.54, 1.807) is 58.3 Å². The number of carbonyl (C=O) groups is 4. The van der Waals surface area contributed by atoms with Gasteiger partial charge in [-0.1, -0.05) is 26.8 Å². The molecule has 6 rings (SSSR count). The van der Waals surface area contributed by atoms with Crippen LogP contribution in [0, 0.1) is 11.3 Å². The maximum absolute atomic E-state index is 14.5. The normalized spacial score (nSPS) is 25.2. The molecule has 1 aromatic heterocycles. The van der Waals surface area contributed by atoms with E-state index in [4.69, 9.17) is 18.4 Å². The molecule has 3 aliphatic carbocycles. The van der Waals surface area contributed by atoms with Gasteiger partial charge in [0.05, 0.1) is 25.3 Å². The van der Waals surface area contributed by atoms with E-state index in [0.29, 0.717) is 35.2 Å². The van der Waals surface area contributed by atoms with E-state index in [1.807, 2.05) is 4.72 Å². The van der Waals surface area contributed by atoms with Gasteiger partial charge in [0.25, 0.3) is 5.91 Å². The topological polar surface area (TPSA) is 192 Å². The molecular weight excluding hydrogens is 694 g/mol. The molecule has 0 bridgehead atoms. The summed E-state index contributed by atoms with van der Waals surface area (Å²) in [5, 5.41) is 6.20. The molecule has 16 heteroatoms. The van der Waals surface area contributed by atoms with Gasteiger partial charge < -0.3 is 29.7 Å². The first kappa shape index (κ1) is 37.3. The molecule has 5 atom stereocenters. The van der Waals surface area contributed by atoms with Gasteiger partial charge in [-0.05, 0) is 68.6 Å². The molecule has 2 heterocycles. The zero-order chi connectivity index (χ0) is 37.4. The van der Waals surface area contributed by atoms with E-state index >= 15 is 0 Å². The minimum atomic E-state index is -4.42. The van der Waals surface area contributed by atoms with Gasteiger partial charge in [0.2, 0.25) is 11.8 Å².